The zero-order valence-electron chi connectivity index (χ0n) is 10.6. The summed E-state index contributed by atoms with van der Waals surface area (Å²) >= 11 is 0. The molecule has 6 heteroatoms. The molecule has 2 rings (SSSR count). The lowest BCUT2D eigenvalue weighted by atomic mass is 10.2. The lowest BCUT2D eigenvalue weighted by Gasteiger charge is -1.97. The fourth-order valence-corrected chi connectivity index (χ4v) is 1.52. The number of pyridine rings is 1. The van der Waals surface area contributed by atoms with Crippen LogP contribution in [0.25, 0.3) is 0 Å². The zero-order valence-corrected chi connectivity index (χ0v) is 11.4. The van der Waals surface area contributed by atoms with Crippen molar-refractivity contribution in [3.05, 3.63) is 60.4 Å². The van der Waals surface area contributed by atoms with Crippen LogP contribution >= 0.6 is 0 Å². The summed E-state index contributed by atoms with van der Waals surface area (Å²) in [5, 5.41) is 13.1. The van der Waals surface area contributed by atoms with Crippen molar-refractivity contribution in [1.29, 1.82) is 0 Å². The molecule has 1 aromatic heterocycles. The maximum atomic E-state index is 11.6. The molecular formula is C14H14ClN3O2. The third-order valence-electron chi connectivity index (χ3n) is 2.38. The van der Waals surface area contributed by atoms with Crippen LogP contribution < -0.4 is 22.4 Å². The number of nitrogens with zero attached hydrogens (tertiary/aromatic N) is 2. The molecule has 0 radical (unpaired) electrons. The van der Waals surface area contributed by atoms with Gasteiger partial charge in [-0.25, -0.2) is 5.43 Å². The van der Waals surface area contributed by atoms with Crippen molar-refractivity contribution in [2.24, 2.45) is 5.10 Å². The fourth-order valence-electron chi connectivity index (χ4n) is 1.52. The minimum Gasteiger partial charge on any atom is -1.00 e. The number of phenolic OH excluding ortho intramolecular Hbond substituents is 1. The second kappa shape index (κ2) is 7.91. The van der Waals surface area contributed by atoms with E-state index in [2.05, 4.69) is 10.5 Å². The van der Waals surface area contributed by atoms with Gasteiger partial charge in [-0.3, -0.25) is 4.79 Å². The molecule has 2 N–H and O–H groups in total. The second-order valence-corrected chi connectivity index (χ2v) is 3.94. The quantitative estimate of drug-likeness (QED) is 0.383. The molecule has 0 bridgehead atoms. The third kappa shape index (κ3) is 5.07. The Kier molecular flexibility index (Phi) is 6.19. The lowest BCUT2D eigenvalue weighted by molar-refractivity contribution is -0.684. The number of amides is 1. The van der Waals surface area contributed by atoms with Crippen molar-refractivity contribution < 1.29 is 26.9 Å². The number of phenols is 1. The van der Waals surface area contributed by atoms with E-state index in [0.717, 1.165) is 0 Å². The van der Waals surface area contributed by atoms with E-state index in [1.807, 2.05) is 18.2 Å². The molecule has 0 saturated carbocycles. The molecule has 0 fully saturated rings. The van der Waals surface area contributed by atoms with Crippen LogP contribution in [0.5, 0.6) is 5.75 Å². The van der Waals surface area contributed by atoms with Gasteiger partial charge >= 0.3 is 5.91 Å². The summed E-state index contributed by atoms with van der Waals surface area (Å²) in [5.41, 5.74) is 3.14. The Morgan fingerprint density at radius 3 is 2.70 bits per heavy atom. The number of carbonyl (C=O) groups excluding carboxylic acids is 1. The van der Waals surface area contributed by atoms with Crippen LogP contribution in [-0.4, -0.2) is 17.2 Å². The monoisotopic (exact) mass is 291 g/mol. The average Bonchev–Trinajstić information content (AvgIpc) is 2.40. The molecule has 2 aromatic rings. The van der Waals surface area contributed by atoms with E-state index >= 15 is 0 Å². The minimum absolute atomic E-state index is 0. The van der Waals surface area contributed by atoms with Gasteiger partial charge in [-0.2, -0.15) is 9.67 Å². The highest BCUT2D eigenvalue weighted by Crippen LogP contribution is 2.08. The van der Waals surface area contributed by atoms with Crippen LogP contribution in [0.3, 0.4) is 0 Å². The molecule has 0 aliphatic carbocycles. The van der Waals surface area contributed by atoms with E-state index in [1.165, 1.54) is 6.21 Å². The van der Waals surface area contributed by atoms with Crippen molar-refractivity contribution in [3.8, 4) is 5.75 Å². The number of benzene rings is 1. The average molecular weight is 292 g/mol. The van der Waals surface area contributed by atoms with E-state index in [0.29, 0.717) is 5.56 Å². The van der Waals surface area contributed by atoms with E-state index in [9.17, 15) is 9.90 Å². The Morgan fingerprint density at radius 1 is 1.25 bits per heavy atom. The summed E-state index contributed by atoms with van der Waals surface area (Å²) in [4.78, 5) is 11.6. The van der Waals surface area contributed by atoms with Crippen LogP contribution in [-0.2, 0) is 11.3 Å². The van der Waals surface area contributed by atoms with E-state index in [-0.39, 0.29) is 30.6 Å². The van der Waals surface area contributed by atoms with Crippen LogP contribution in [0.1, 0.15) is 5.56 Å². The van der Waals surface area contributed by atoms with Crippen molar-refractivity contribution in [3.63, 3.8) is 0 Å². The Balaban J connectivity index is 0.00000200. The summed E-state index contributed by atoms with van der Waals surface area (Å²) in [6.07, 6.45) is 5.09. The number of aromatic hydroxyl groups is 1. The highest BCUT2D eigenvalue weighted by Gasteiger charge is 2.06. The molecule has 1 aromatic carbocycles. The summed E-state index contributed by atoms with van der Waals surface area (Å²) in [7, 11) is 0. The topological polar surface area (TPSA) is 65.6 Å². The largest absolute Gasteiger partial charge is 1.00 e. The molecule has 0 aliphatic rings. The normalized spacial score (nSPS) is 10.0. The fraction of sp³-hybridized carbons (Fsp3) is 0.0714. The van der Waals surface area contributed by atoms with Gasteiger partial charge in [0.2, 0.25) is 6.54 Å². The molecular weight excluding hydrogens is 278 g/mol. The molecule has 1 amide bonds. The highest BCUT2D eigenvalue weighted by molar-refractivity contribution is 5.82. The SMILES string of the molecule is O=C(C[n+]1ccccc1)N/N=C/c1cccc(O)c1.[Cl-]. The minimum atomic E-state index is -0.215. The Bertz CT molecular complexity index is 588. The molecule has 1 heterocycles. The van der Waals surface area contributed by atoms with Crippen LogP contribution in [0.2, 0.25) is 0 Å². The van der Waals surface area contributed by atoms with Crippen molar-refractivity contribution in [1.82, 2.24) is 5.43 Å². The van der Waals surface area contributed by atoms with Gasteiger partial charge in [0.05, 0.1) is 6.21 Å². The lowest BCUT2D eigenvalue weighted by Crippen LogP contribution is -3.00. The van der Waals surface area contributed by atoms with Gasteiger partial charge in [0.25, 0.3) is 0 Å². The maximum absolute atomic E-state index is 11.6. The summed E-state index contributed by atoms with van der Waals surface area (Å²) in [5.74, 6) is -0.0530. The van der Waals surface area contributed by atoms with E-state index < -0.39 is 0 Å². The number of hydrazone groups is 1. The van der Waals surface area contributed by atoms with Gasteiger partial charge in [0.1, 0.15) is 5.75 Å². The number of halogens is 1. The number of carbonyl (C=O) groups is 1. The standard InChI is InChI=1S/C14H13N3O2.ClH/c18-13-6-4-5-12(9-13)10-15-16-14(19)11-17-7-2-1-3-8-17;/h1-10H,11H2,(H-,16,18,19);1H/b15-10+;. The van der Waals surface area contributed by atoms with Crippen LogP contribution in [0.15, 0.2) is 60.0 Å². The van der Waals surface area contributed by atoms with Gasteiger partial charge in [-0.15, -0.1) is 0 Å². The van der Waals surface area contributed by atoms with Crippen molar-refractivity contribution >= 4 is 12.1 Å². The van der Waals surface area contributed by atoms with Crippen LogP contribution in [0.4, 0.5) is 0 Å². The predicted molar refractivity (Wildman–Crippen MR) is 70.5 cm³/mol. The van der Waals surface area contributed by atoms with Gasteiger partial charge in [-0.1, -0.05) is 18.2 Å². The first-order valence-corrected chi connectivity index (χ1v) is 5.79. The molecule has 104 valence electrons. The first-order valence-electron chi connectivity index (χ1n) is 5.79. The van der Waals surface area contributed by atoms with Gasteiger partial charge < -0.3 is 17.5 Å². The number of hydrogen-bond acceptors (Lipinski definition) is 3. The molecule has 0 saturated heterocycles. The first kappa shape index (κ1) is 15.7. The van der Waals surface area contributed by atoms with Gasteiger partial charge in [-0.05, 0) is 17.7 Å². The molecule has 5 nitrogen and oxygen atoms in total. The van der Waals surface area contributed by atoms with Crippen LogP contribution in [0, 0.1) is 0 Å². The molecule has 20 heavy (non-hydrogen) atoms. The summed E-state index contributed by atoms with van der Waals surface area (Å²) < 4.78 is 1.75. The van der Waals surface area contributed by atoms with E-state index in [1.54, 1.807) is 41.2 Å². The van der Waals surface area contributed by atoms with Gasteiger partial charge in [0, 0.05) is 12.1 Å². The molecule has 0 spiro atoms. The second-order valence-electron chi connectivity index (χ2n) is 3.94. The Labute approximate surface area is 123 Å². The van der Waals surface area contributed by atoms with E-state index in [4.69, 9.17) is 0 Å². The van der Waals surface area contributed by atoms with Crippen molar-refractivity contribution in [2.45, 2.75) is 6.54 Å². The van der Waals surface area contributed by atoms with Gasteiger partial charge in [0.15, 0.2) is 12.4 Å². The third-order valence-corrected chi connectivity index (χ3v) is 2.38. The molecule has 0 aliphatic heterocycles. The Morgan fingerprint density at radius 2 is 2.00 bits per heavy atom. The highest BCUT2D eigenvalue weighted by atomic mass is 35.5. The predicted octanol–water partition coefficient (Wildman–Crippen LogP) is -2.17. The number of nitrogens with one attached hydrogen (secondary N) is 1. The zero-order chi connectivity index (χ0) is 13.5. The summed E-state index contributed by atoms with van der Waals surface area (Å²) in [6.45, 7) is 0.207. The number of hydrogen-bond donors (Lipinski definition) is 2. The summed E-state index contributed by atoms with van der Waals surface area (Å²) in [6, 6.07) is 12.2. The molecule has 0 unspecified atom stereocenters. The number of aromatic nitrogens is 1. The van der Waals surface area contributed by atoms with Crippen molar-refractivity contribution in [2.75, 3.05) is 0 Å². The smallest absolute Gasteiger partial charge is 0.305 e. The first-order chi connectivity index (χ1) is 9.24. The molecule has 0 atom stereocenters. The maximum Gasteiger partial charge on any atom is 0.305 e. The Hall–Kier alpha value is -2.40. The number of rotatable bonds is 4.